The molecule has 4 heteroatoms. The molecular weight excluding hydrogens is 406 g/mol. The molecule has 0 aromatic heterocycles. The summed E-state index contributed by atoms with van der Waals surface area (Å²) in [6.07, 6.45) is 4.92. The molecule has 2 atom stereocenters. The van der Waals surface area contributed by atoms with E-state index in [1.54, 1.807) is 16.7 Å². The Labute approximate surface area is 151 Å². The summed E-state index contributed by atoms with van der Waals surface area (Å²) in [5.41, 5.74) is 6.23. The molecule has 0 spiro atoms. The molecule has 2 aliphatic rings. The van der Waals surface area contributed by atoms with Crippen molar-refractivity contribution in [2.45, 2.75) is 50.8 Å². The Balaban J connectivity index is 0.00000220. The van der Waals surface area contributed by atoms with Gasteiger partial charge >= 0.3 is 128 Å². The molecular formula is C18H30Cl2SiZr. The van der Waals surface area contributed by atoms with Crippen LogP contribution in [-0.4, -0.2) is 6.88 Å². The number of allylic oxidation sites excluding steroid dienone is 8. The van der Waals surface area contributed by atoms with E-state index >= 15 is 0 Å². The van der Waals surface area contributed by atoms with Gasteiger partial charge in [0.2, 0.25) is 0 Å². The topological polar surface area (TPSA) is 0 Å². The summed E-state index contributed by atoms with van der Waals surface area (Å²) in [6.45, 7) is 16.5. The molecule has 2 aliphatic carbocycles. The van der Waals surface area contributed by atoms with Crippen LogP contribution in [-0.2, 0) is 17.4 Å². The number of hydrogen-bond acceptors (Lipinski definition) is 0. The normalized spacial score (nSPS) is 24.5. The molecule has 0 saturated heterocycles. The Morgan fingerprint density at radius 3 is 1.77 bits per heavy atom. The first kappa shape index (κ1) is 22.6. The van der Waals surface area contributed by atoms with E-state index in [0.717, 1.165) is 0 Å². The summed E-state index contributed by atoms with van der Waals surface area (Å²) >= 11 is -3.02. The molecule has 22 heavy (non-hydrogen) atoms. The van der Waals surface area contributed by atoms with Gasteiger partial charge in [0.05, 0.1) is 0 Å². The van der Waals surface area contributed by atoms with Gasteiger partial charge in [-0.1, -0.05) is 0 Å². The molecule has 124 valence electrons. The van der Waals surface area contributed by atoms with Gasteiger partial charge in [0.1, 0.15) is 0 Å². The summed E-state index contributed by atoms with van der Waals surface area (Å²) in [7, 11) is 0. The van der Waals surface area contributed by atoms with Crippen molar-refractivity contribution in [1.29, 1.82) is 0 Å². The second-order valence-corrected chi connectivity index (χ2v) is 36.5. The van der Waals surface area contributed by atoms with Crippen LogP contribution in [0.5, 0.6) is 0 Å². The minimum absolute atomic E-state index is 0. The van der Waals surface area contributed by atoms with E-state index in [1.165, 1.54) is 5.57 Å². The molecule has 0 radical (unpaired) electrons. The predicted octanol–water partition coefficient (Wildman–Crippen LogP) is -0.932. The summed E-state index contributed by atoms with van der Waals surface area (Å²) in [5, 5.41) is 0. The van der Waals surface area contributed by atoms with E-state index in [0.29, 0.717) is 11.8 Å². The van der Waals surface area contributed by atoms with Crippen molar-refractivity contribution in [1.82, 2.24) is 0 Å². The Morgan fingerprint density at radius 1 is 0.955 bits per heavy atom. The first-order chi connectivity index (χ1) is 8.96. The van der Waals surface area contributed by atoms with Crippen molar-refractivity contribution >= 4 is 6.88 Å². The smallest absolute Gasteiger partial charge is 1.00 e. The molecule has 0 heterocycles. The maximum Gasteiger partial charge on any atom is -1.00 e. The van der Waals surface area contributed by atoms with Gasteiger partial charge < -0.3 is 24.8 Å². The van der Waals surface area contributed by atoms with Gasteiger partial charge in [-0.2, -0.15) is 0 Å². The third-order valence-corrected chi connectivity index (χ3v) is 22.7. The SMILES string of the molecule is CC1=CC(C)[C]([Zr+2]([CH3])([CH3])(=[SiH2])[C]2=C(C)C=C(C)C2C)=C1C.[Cl-].[Cl-]. The van der Waals surface area contributed by atoms with Crippen LogP contribution in [0, 0.1) is 11.8 Å². The average Bonchev–Trinajstić information content (AvgIpc) is 2.65. The van der Waals surface area contributed by atoms with Crippen LogP contribution >= 0.6 is 0 Å². The summed E-state index contributed by atoms with van der Waals surface area (Å²) in [5.74, 6) is 1.29. The van der Waals surface area contributed by atoms with Gasteiger partial charge in [-0.15, -0.1) is 0 Å². The molecule has 0 N–H and O–H groups in total. The van der Waals surface area contributed by atoms with E-state index in [-0.39, 0.29) is 24.8 Å². The van der Waals surface area contributed by atoms with E-state index in [9.17, 15) is 0 Å². The summed E-state index contributed by atoms with van der Waals surface area (Å²) in [6, 6.07) is 0. The van der Waals surface area contributed by atoms with E-state index in [2.05, 4.69) is 69.8 Å². The minimum Gasteiger partial charge on any atom is -1.00 e. The van der Waals surface area contributed by atoms with Gasteiger partial charge in [-0.25, -0.2) is 0 Å². The molecule has 0 aromatic rings. The zero-order chi connectivity index (χ0) is 15.5. The van der Waals surface area contributed by atoms with Gasteiger partial charge in [0.15, 0.2) is 0 Å². The molecule has 0 amide bonds. The van der Waals surface area contributed by atoms with Crippen LogP contribution in [0.25, 0.3) is 0 Å². The number of rotatable bonds is 2. The van der Waals surface area contributed by atoms with Crippen LogP contribution in [0.1, 0.15) is 41.5 Å². The Morgan fingerprint density at radius 2 is 1.45 bits per heavy atom. The molecule has 2 unspecified atom stereocenters. The van der Waals surface area contributed by atoms with E-state index in [4.69, 9.17) is 0 Å². The van der Waals surface area contributed by atoms with Crippen LogP contribution in [0.2, 0.25) is 9.26 Å². The van der Waals surface area contributed by atoms with Gasteiger partial charge in [0, 0.05) is 0 Å². The molecule has 0 aromatic carbocycles. The van der Waals surface area contributed by atoms with Crippen LogP contribution in [0.3, 0.4) is 0 Å². The van der Waals surface area contributed by atoms with Crippen molar-refractivity contribution < 1.29 is 42.2 Å². The second-order valence-electron chi connectivity index (χ2n) is 8.07. The molecule has 0 aliphatic heterocycles. The third kappa shape index (κ3) is 3.37. The van der Waals surface area contributed by atoms with Crippen molar-refractivity contribution in [2.75, 3.05) is 0 Å². The largest absolute Gasteiger partial charge is 1.00 e. The number of halogens is 2. The Hall–Kier alpha value is 0.640. The first-order valence-corrected chi connectivity index (χ1v) is 21.1. The molecule has 0 bridgehead atoms. The number of hydrogen-bond donors (Lipinski definition) is 0. The Kier molecular flexibility index (Phi) is 7.07. The quantitative estimate of drug-likeness (QED) is 0.491. The second kappa shape index (κ2) is 6.87. The molecule has 0 saturated carbocycles. The third-order valence-electron chi connectivity index (χ3n) is 5.66. The van der Waals surface area contributed by atoms with E-state index in [1.807, 2.05) is 6.56 Å². The predicted molar refractivity (Wildman–Crippen MR) is 91.5 cm³/mol. The van der Waals surface area contributed by atoms with Crippen molar-refractivity contribution in [2.24, 2.45) is 11.8 Å². The van der Waals surface area contributed by atoms with Crippen molar-refractivity contribution in [3.63, 3.8) is 0 Å². The zero-order valence-corrected chi connectivity index (χ0v) is 20.7. The molecule has 0 nitrogen and oxygen atoms in total. The average molecular weight is 437 g/mol. The minimum atomic E-state index is -3.02. The van der Waals surface area contributed by atoms with Gasteiger partial charge in [0.25, 0.3) is 0 Å². The van der Waals surface area contributed by atoms with Crippen LogP contribution < -0.4 is 24.8 Å². The van der Waals surface area contributed by atoms with Crippen molar-refractivity contribution in [3.8, 4) is 0 Å². The fourth-order valence-electron chi connectivity index (χ4n) is 5.05. The standard InChI is InChI=1S/2C8H11.2CH3.2ClH.H2Si.Zr/c2*1-6-4-7(2)8(3)5-6;;;;;;/h4,8H,1-3H3;4,6H,1-3H3;2*1H3;2*1H;1H2;/q;;;;;;;+2/p-2. The first-order valence-electron chi connectivity index (χ1n) is 7.82. The molecule has 2 rings (SSSR count). The zero-order valence-electron chi connectivity index (χ0n) is 15.3. The van der Waals surface area contributed by atoms with Crippen molar-refractivity contribution in [3.05, 3.63) is 41.0 Å². The maximum absolute atomic E-state index is 3.02. The fourth-order valence-corrected chi connectivity index (χ4v) is 27.2. The Bertz CT molecular complexity index is 671. The van der Waals surface area contributed by atoms with Crippen LogP contribution in [0.4, 0.5) is 0 Å². The monoisotopic (exact) mass is 434 g/mol. The summed E-state index contributed by atoms with van der Waals surface area (Å²) in [4.78, 5) is 0. The van der Waals surface area contributed by atoms with Gasteiger partial charge in [-0.05, 0) is 0 Å². The van der Waals surface area contributed by atoms with E-state index < -0.39 is 17.4 Å². The fraction of sp³-hybridized carbons (Fsp3) is 0.556. The molecule has 0 fully saturated rings. The maximum atomic E-state index is 2.66. The summed E-state index contributed by atoms with van der Waals surface area (Å²) < 4.78 is 8.96. The van der Waals surface area contributed by atoms with Crippen LogP contribution in [0.15, 0.2) is 41.0 Å². The van der Waals surface area contributed by atoms with Gasteiger partial charge in [-0.3, -0.25) is 0 Å².